The van der Waals surface area contributed by atoms with Crippen LogP contribution < -0.4 is 5.73 Å². The second-order valence-corrected chi connectivity index (χ2v) is 3.79. The van der Waals surface area contributed by atoms with Gasteiger partial charge in [0, 0.05) is 5.39 Å². The molecule has 2 N–H and O–H groups in total. The van der Waals surface area contributed by atoms with E-state index < -0.39 is 10.7 Å². The van der Waals surface area contributed by atoms with Crippen molar-refractivity contribution in [3.63, 3.8) is 0 Å². The van der Waals surface area contributed by atoms with Gasteiger partial charge in [0.25, 0.3) is 0 Å². The van der Waals surface area contributed by atoms with Crippen molar-refractivity contribution >= 4 is 45.6 Å². The van der Waals surface area contributed by atoms with Crippen molar-refractivity contribution < 1.29 is 4.92 Å². The van der Waals surface area contributed by atoms with E-state index in [2.05, 4.69) is 10.2 Å². The second kappa shape index (κ2) is 3.73. The first-order valence-electron chi connectivity index (χ1n) is 4.06. The molecule has 82 valence electrons. The molecule has 0 unspecified atom stereocenters. The summed E-state index contributed by atoms with van der Waals surface area (Å²) >= 11 is 11.6. The molecule has 0 radical (unpaired) electrons. The maximum absolute atomic E-state index is 10.6. The number of nitrogens with zero attached hydrogens (tertiary/aromatic N) is 3. The van der Waals surface area contributed by atoms with Crippen molar-refractivity contribution in [1.82, 2.24) is 10.2 Å². The van der Waals surface area contributed by atoms with Crippen LogP contribution in [0.3, 0.4) is 0 Å². The summed E-state index contributed by atoms with van der Waals surface area (Å²) in [6, 6.07) is 2.88. The van der Waals surface area contributed by atoms with Gasteiger partial charge >= 0.3 is 5.82 Å². The van der Waals surface area contributed by atoms with Gasteiger partial charge in [0.15, 0.2) is 0 Å². The van der Waals surface area contributed by atoms with Gasteiger partial charge in [-0.1, -0.05) is 23.2 Å². The summed E-state index contributed by atoms with van der Waals surface area (Å²) in [6.07, 6.45) is 0. The minimum Gasteiger partial charge on any atom is -0.391 e. The van der Waals surface area contributed by atoms with E-state index in [0.29, 0.717) is 10.9 Å². The molecule has 0 spiro atoms. The fourth-order valence-corrected chi connectivity index (χ4v) is 1.57. The topological polar surface area (TPSA) is 94.9 Å². The number of fused-ring (bicyclic) bond motifs is 1. The van der Waals surface area contributed by atoms with E-state index in [1.165, 1.54) is 12.1 Å². The van der Waals surface area contributed by atoms with Crippen molar-refractivity contribution in [1.29, 1.82) is 0 Å². The molecule has 2 aromatic rings. The van der Waals surface area contributed by atoms with Crippen molar-refractivity contribution in [3.05, 3.63) is 32.3 Å². The van der Waals surface area contributed by atoms with Crippen LogP contribution in [-0.2, 0) is 0 Å². The Labute approximate surface area is 99.1 Å². The maximum atomic E-state index is 10.6. The predicted octanol–water partition coefficient (Wildman–Crippen LogP) is 2.43. The van der Waals surface area contributed by atoms with Crippen LogP contribution in [-0.4, -0.2) is 15.1 Å². The molecular weight excluding hydrogens is 255 g/mol. The molecule has 1 aromatic heterocycles. The number of rotatable bonds is 1. The Balaban J connectivity index is 2.84. The van der Waals surface area contributed by atoms with Gasteiger partial charge in [0.2, 0.25) is 0 Å². The van der Waals surface area contributed by atoms with Gasteiger partial charge in [-0.2, -0.15) is 0 Å². The Morgan fingerprint density at radius 3 is 2.50 bits per heavy atom. The van der Waals surface area contributed by atoms with Crippen LogP contribution >= 0.6 is 23.2 Å². The molecule has 0 atom stereocenters. The minimum absolute atomic E-state index is 0.0754. The van der Waals surface area contributed by atoms with Gasteiger partial charge < -0.3 is 15.8 Å². The normalized spacial score (nSPS) is 10.6. The Kier molecular flexibility index (Phi) is 2.53. The molecule has 1 heterocycles. The smallest absolute Gasteiger partial charge is 0.391 e. The molecule has 6 nitrogen and oxygen atoms in total. The Morgan fingerprint density at radius 2 is 1.88 bits per heavy atom. The zero-order valence-corrected chi connectivity index (χ0v) is 9.16. The van der Waals surface area contributed by atoms with Gasteiger partial charge in [-0.15, -0.1) is 0 Å². The average Bonchev–Trinajstić information content (AvgIpc) is 2.21. The fourth-order valence-electron chi connectivity index (χ4n) is 1.25. The highest BCUT2D eigenvalue weighted by Crippen LogP contribution is 2.32. The van der Waals surface area contributed by atoms with Crippen LogP contribution in [0.15, 0.2) is 12.1 Å². The van der Waals surface area contributed by atoms with Crippen molar-refractivity contribution in [2.45, 2.75) is 0 Å². The van der Waals surface area contributed by atoms with Gasteiger partial charge in [0.1, 0.15) is 11.2 Å². The molecule has 8 heteroatoms. The van der Waals surface area contributed by atoms with E-state index in [1.54, 1.807) is 0 Å². The van der Waals surface area contributed by atoms with E-state index in [1.807, 2.05) is 0 Å². The molecule has 0 bridgehead atoms. The summed E-state index contributed by atoms with van der Waals surface area (Å²) in [4.78, 5) is 9.88. The van der Waals surface area contributed by atoms with Crippen molar-refractivity contribution in [2.24, 2.45) is 0 Å². The van der Waals surface area contributed by atoms with Gasteiger partial charge in [-0.25, -0.2) is 0 Å². The molecular formula is C8H4Cl2N4O2. The number of nitrogen functional groups attached to an aromatic ring is 1. The van der Waals surface area contributed by atoms with E-state index in [4.69, 9.17) is 28.9 Å². The molecule has 0 aliphatic carbocycles. The maximum Gasteiger partial charge on any atom is 0.414 e. The van der Waals surface area contributed by atoms with Gasteiger partial charge in [-0.3, -0.25) is 0 Å². The van der Waals surface area contributed by atoms with E-state index in [-0.39, 0.29) is 15.7 Å². The lowest BCUT2D eigenvalue weighted by molar-refractivity contribution is -0.389. The van der Waals surface area contributed by atoms with Crippen LogP contribution in [0.4, 0.5) is 11.5 Å². The fraction of sp³-hybridized carbons (Fsp3) is 0. The summed E-state index contributed by atoms with van der Waals surface area (Å²) < 4.78 is 0. The standard InChI is InChI=1S/C8H4Cl2N4O2/c9-4-1-3-6(2-5(4)10)12-13-8(7(3)11)14(15)16/h1-2H,(H2,11,12). The third kappa shape index (κ3) is 1.62. The molecule has 0 aliphatic heterocycles. The highest BCUT2D eigenvalue weighted by Gasteiger charge is 2.18. The number of halogens is 2. The van der Waals surface area contributed by atoms with E-state index in [9.17, 15) is 10.1 Å². The number of nitrogens with two attached hydrogens (primary N) is 1. The number of nitro groups is 1. The zero-order valence-electron chi connectivity index (χ0n) is 7.65. The number of anilines is 1. The quantitative estimate of drug-likeness (QED) is 0.626. The van der Waals surface area contributed by atoms with Gasteiger partial charge in [-0.05, 0) is 22.2 Å². The SMILES string of the molecule is Nc1c([N+](=O)[O-])nnc2cc(Cl)c(Cl)cc12. The molecule has 0 fully saturated rings. The van der Waals surface area contributed by atoms with E-state index in [0.717, 1.165) is 0 Å². The number of hydrogen-bond donors (Lipinski definition) is 1. The first-order chi connectivity index (χ1) is 7.50. The Morgan fingerprint density at radius 1 is 1.25 bits per heavy atom. The minimum atomic E-state index is -0.704. The lowest BCUT2D eigenvalue weighted by Crippen LogP contribution is -2.01. The Hall–Kier alpha value is -1.66. The molecule has 0 saturated carbocycles. The summed E-state index contributed by atoms with van der Waals surface area (Å²) in [6.45, 7) is 0. The summed E-state index contributed by atoms with van der Waals surface area (Å²) in [7, 11) is 0. The Bertz CT molecular complexity index is 602. The van der Waals surface area contributed by atoms with Crippen molar-refractivity contribution in [2.75, 3.05) is 5.73 Å². The number of hydrogen-bond acceptors (Lipinski definition) is 5. The molecule has 16 heavy (non-hydrogen) atoms. The third-order valence-corrected chi connectivity index (χ3v) is 2.72. The van der Waals surface area contributed by atoms with Gasteiger partial charge in [0.05, 0.1) is 15.1 Å². The van der Waals surface area contributed by atoms with E-state index >= 15 is 0 Å². The molecule has 2 rings (SSSR count). The largest absolute Gasteiger partial charge is 0.414 e. The van der Waals surface area contributed by atoms with Crippen LogP contribution in [0, 0.1) is 10.1 Å². The monoisotopic (exact) mass is 258 g/mol. The second-order valence-electron chi connectivity index (χ2n) is 2.98. The first kappa shape index (κ1) is 10.8. The summed E-state index contributed by atoms with van der Waals surface area (Å²) in [5.41, 5.74) is 5.88. The predicted molar refractivity (Wildman–Crippen MR) is 60.6 cm³/mol. The lowest BCUT2D eigenvalue weighted by atomic mass is 10.2. The van der Waals surface area contributed by atoms with Crippen LogP contribution in [0.2, 0.25) is 10.0 Å². The zero-order chi connectivity index (χ0) is 11.9. The highest BCUT2D eigenvalue weighted by molar-refractivity contribution is 6.42. The van der Waals surface area contributed by atoms with Crippen LogP contribution in [0.1, 0.15) is 0 Å². The van der Waals surface area contributed by atoms with Crippen molar-refractivity contribution in [3.8, 4) is 0 Å². The molecule has 0 amide bonds. The third-order valence-electron chi connectivity index (χ3n) is 2.00. The first-order valence-corrected chi connectivity index (χ1v) is 4.81. The molecule has 0 saturated heterocycles. The van der Waals surface area contributed by atoms with Crippen LogP contribution in [0.5, 0.6) is 0 Å². The lowest BCUT2D eigenvalue weighted by Gasteiger charge is -2.02. The molecule has 1 aromatic carbocycles. The summed E-state index contributed by atoms with van der Waals surface area (Å²) in [5, 5.41) is 18.5. The molecule has 0 aliphatic rings. The summed E-state index contributed by atoms with van der Waals surface area (Å²) in [5.74, 6) is -0.495. The highest BCUT2D eigenvalue weighted by atomic mass is 35.5. The number of aromatic nitrogens is 2. The average molecular weight is 259 g/mol. The van der Waals surface area contributed by atoms with Crippen LogP contribution in [0.25, 0.3) is 10.9 Å². The number of benzene rings is 1.